The first-order valence-corrected chi connectivity index (χ1v) is 9.99. The summed E-state index contributed by atoms with van der Waals surface area (Å²) in [5, 5.41) is 0.353. The van der Waals surface area contributed by atoms with Crippen LogP contribution in [-0.2, 0) is 9.47 Å². The van der Waals surface area contributed by atoms with Gasteiger partial charge < -0.3 is 19.9 Å². The molecule has 6 heteroatoms. The fraction of sp³-hybridized carbons (Fsp3) is 0.409. The van der Waals surface area contributed by atoms with Crippen LogP contribution in [0, 0.1) is 6.92 Å². The van der Waals surface area contributed by atoms with Gasteiger partial charge in [0.15, 0.2) is 12.1 Å². The van der Waals surface area contributed by atoms with Crippen LogP contribution in [-0.4, -0.2) is 31.9 Å². The predicted molar refractivity (Wildman–Crippen MR) is 110 cm³/mol. The second-order valence-corrected chi connectivity index (χ2v) is 7.32. The van der Waals surface area contributed by atoms with Crippen molar-refractivity contribution in [2.75, 3.05) is 25.6 Å². The summed E-state index contributed by atoms with van der Waals surface area (Å²) in [6, 6.07) is 10.3. The summed E-state index contributed by atoms with van der Waals surface area (Å²) < 4.78 is 17.0. The van der Waals surface area contributed by atoms with E-state index in [-0.39, 0.29) is 12.1 Å². The van der Waals surface area contributed by atoms with E-state index in [9.17, 15) is 4.79 Å². The molecule has 0 aromatic heterocycles. The third-order valence-corrected chi connectivity index (χ3v) is 4.99. The van der Waals surface area contributed by atoms with Crippen molar-refractivity contribution in [3.8, 4) is 5.75 Å². The molecule has 5 nitrogen and oxygen atoms in total. The maximum Gasteiger partial charge on any atom is 0.194 e. The number of hydrogen-bond donors (Lipinski definition) is 1. The van der Waals surface area contributed by atoms with E-state index in [4.69, 9.17) is 31.5 Å². The van der Waals surface area contributed by atoms with Gasteiger partial charge in [0.1, 0.15) is 5.75 Å². The number of nitrogen functional groups attached to an aromatic ring is 1. The van der Waals surface area contributed by atoms with Crippen LogP contribution in [0.4, 0.5) is 5.69 Å². The lowest BCUT2D eigenvalue weighted by Crippen LogP contribution is -2.23. The number of ether oxygens (including phenoxy) is 3. The van der Waals surface area contributed by atoms with E-state index >= 15 is 0 Å². The number of nitrogens with two attached hydrogens (primary N) is 1. The molecule has 1 aliphatic rings. The highest BCUT2D eigenvalue weighted by molar-refractivity contribution is 6.35. The normalized spacial score (nSPS) is 16.7. The minimum absolute atomic E-state index is 0.0681. The Morgan fingerprint density at radius 1 is 1.18 bits per heavy atom. The van der Waals surface area contributed by atoms with Gasteiger partial charge in [-0.05, 0) is 68.1 Å². The molecule has 1 aliphatic heterocycles. The van der Waals surface area contributed by atoms with Crippen molar-refractivity contribution in [2.24, 2.45) is 0 Å². The maximum atomic E-state index is 12.8. The number of rotatable bonds is 8. The van der Waals surface area contributed by atoms with Crippen LogP contribution in [0.3, 0.4) is 0 Å². The Labute approximate surface area is 170 Å². The zero-order chi connectivity index (χ0) is 19.9. The molecular weight excluding hydrogens is 378 g/mol. The number of anilines is 1. The molecule has 1 heterocycles. The molecule has 28 heavy (non-hydrogen) atoms. The second kappa shape index (κ2) is 9.92. The summed E-state index contributed by atoms with van der Waals surface area (Å²) >= 11 is 6.17. The Morgan fingerprint density at radius 3 is 2.71 bits per heavy atom. The van der Waals surface area contributed by atoms with E-state index in [1.165, 1.54) is 0 Å². The Kier molecular flexibility index (Phi) is 7.31. The number of halogens is 1. The lowest BCUT2D eigenvalue weighted by Gasteiger charge is -2.22. The number of carbonyl (C=O) groups is 1. The van der Waals surface area contributed by atoms with Crippen molar-refractivity contribution in [2.45, 2.75) is 38.9 Å². The summed E-state index contributed by atoms with van der Waals surface area (Å²) in [5.41, 5.74) is 8.10. The average Bonchev–Trinajstić information content (AvgIpc) is 2.68. The van der Waals surface area contributed by atoms with Crippen molar-refractivity contribution in [3.05, 3.63) is 58.1 Å². The zero-order valence-corrected chi connectivity index (χ0v) is 16.8. The van der Waals surface area contributed by atoms with Gasteiger partial charge in [0.2, 0.25) is 0 Å². The zero-order valence-electron chi connectivity index (χ0n) is 16.1. The molecule has 2 aromatic rings. The monoisotopic (exact) mass is 403 g/mol. The van der Waals surface area contributed by atoms with E-state index in [0.717, 1.165) is 43.6 Å². The fourth-order valence-corrected chi connectivity index (χ4v) is 3.42. The van der Waals surface area contributed by atoms with Gasteiger partial charge in [-0.2, -0.15) is 0 Å². The molecule has 2 aromatic carbocycles. The number of ketones is 1. The van der Waals surface area contributed by atoms with Crippen molar-refractivity contribution in [3.63, 3.8) is 0 Å². The predicted octanol–water partition coefficient (Wildman–Crippen LogP) is 4.77. The van der Waals surface area contributed by atoms with Crippen LogP contribution in [0.25, 0.3) is 0 Å². The Bertz CT molecular complexity index is 818. The number of benzene rings is 2. The number of aryl methyl sites for hydroxylation is 1. The average molecular weight is 404 g/mol. The van der Waals surface area contributed by atoms with Crippen molar-refractivity contribution in [1.82, 2.24) is 0 Å². The smallest absolute Gasteiger partial charge is 0.194 e. The first kappa shape index (κ1) is 20.6. The highest BCUT2D eigenvalue weighted by atomic mass is 35.5. The van der Waals surface area contributed by atoms with Crippen LogP contribution in [0.1, 0.15) is 47.2 Å². The number of carbonyl (C=O) groups excluding carboxylic acids is 1. The molecule has 0 bridgehead atoms. The highest BCUT2D eigenvalue weighted by Gasteiger charge is 2.16. The Morgan fingerprint density at radius 2 is 2.00 bits per heavy atom. The Balaban J connectivity index is 1.51. The molecule has 0 aliphatic carbocycles. The SMILES string of the molecule is Cc1cc(OCCCOC2CCCCO2)ccc1C(=O)c1ccc(N)cc1Cl. The lowest BCUT2D eigenvalue weighted by molar-refractivity contribution is -0.163. The number of hydrogen-bond acceptors (Lipinski definition) is 5. The summed E-state index contributed by atoms with van der Waals surface area (Å²) in [7, 11) is 0. The molecule has 150 valence electrons. The molecule has 0 amide bonds. The molecule has 3 rings (SSSR count). The van der Waals surface area contributed by atoms with Crippen LogP contribution in [0.15, 0.2) is 36.4 Å². The molecule has 1 unspecified atom stereocenters. The lowest BCUT2D eigenvalue weighted by atomic mass is 9.98. The van der Waals surface area contributed by atoms with Gasteiger partial charge in [0, 0.05) is 29.8 Å². The van der Waals surface area contributed by atoms with Crippen LogP contribution in [0.5, 0.6) is 5.75 Å². The summed E-state index contributed by atoms with van der Waals surface area (Å²) in [6.07, 6.45) is 3.95. The van der Waals surface area contributed by atoms with E-state index in [2.05, 4.69) is 0 Å². The molecule has 1 saturated heterocycles. The molecule has 2 N–H and O–H groups in total. The largest absolute Gasteiger partial charge is 0.493 e. The van der Waals surface area contributed by atoms with Gasteiger partial charge in [-0.15, -0.1) is 0 Å². The Hall–Kier alpha value is -2.08. The second-order valence-electron chi connectivity index (χ2n) is 6.91. The van der Waals surface area contributed by atoms with E-state index in [1.54, 1.807) is 30.3 Å². The standard InChI is InChI=1S/C22H26ClNO4/c1-15-13-17(26-11-4-12-28-21-5-2-3-10-27-21)7-9-18(15)22(25)19-8-6-16(24)14-20(19)23/h6-9,13-14,21H,2-5,10-12,24H2,1H3. The highest BCUT2D eigenvalue weighted by Crippen LogP contribution is 2.25. The first-order chi connectivity index (χ1) is 13.5. The van der Waals surface area contributed by atoms with Crippen LogP contribution in [0.2, 0.25) is 5.02 Å². The third kappa shape index (κ3) is 5.47. The molecule has 0 saturated carbocycles. The topological polar surface area (TPSA) is 70.8 Å². The van der Waals surface area contributed by atoms with E-state index in [1.807, 2.05) is 13.0 Å². The van der Waals surface area contributed by atoms with Gasteiger partial charge in [-0.3, -0.25) is 4.79 Å². The quantitative estimate of drug-likeness (QED) is 0.390. The molecular formula is C22H26ClNO4. The van der Waals surface area contributed by atoms with Gasteiger partial charge in [-0.25, -0.2) is 0 Å². The summed E-state index contributed by atoms with van der Waals surface area (Å²) in [5.74, 6) is 0.598. The maximum absolute atomic E-state index is 12.8. The summed E-state index contributed by atoms with van der Waals surface area (Å²) in [6.45, 7) is 3.82. The van der Waals surface area contributed by atoms with Crippen LogP contribution >= 0.6 is 11.6 Å². The third-order valence-electron chi connectivity index (χ3n) is 4.68. The minimum atomic E-state index is -0.130. The van der Waals surface area contributed by atoms with Gasteiger partial charge >= 0.3 is 0 Å². The van der Waals surface area contributed by atoms with Gasteiger partial charge in [-0.1, -0.05) is 11.6 Å². The van der Waals surface area contributed by atoms with Crippen molar-refractivity contribution >= 4 is 23.1 Å². The van der Waals surface area contributed by atoms with Gasteiger partial charge in [0.05, 0.1) is 18.2 Å². The van der Waals surface area contributed by atoms with Crippen molar-refractivity contribution in [1.29, 1.82) is 0 Å². The molecule has 0 radical (unpaired) electrons. The van der Waals surface area contributed by atoms with E-state index < -0.39 is 0 Å². The fourth-order valence-electron chi connectivity index (χ4n) is 3.15. The van der Waals surface area contributed by atoms with Crippen molar-refractivity contribution < 1.29 is 19.0 Å². The van der Waals surface area contributed by atoms with Crippen LogP contribution < -0.4 is 10.5 Å². The molecule has 1 atom stereocenters. The molecule has 1 fully saturated rings. The first-order valence-electron chi connectivity index (χ1n) is 9.61. The summed E-state index contributed by atoms with van der Waals surface area (Å²) in [4.78, 5) is 12.8. The minimum Gasteiger partial charge on any atom is -0.493 e. The molecule has 0 spiro atoms. The van der Waals surface area contributed by atoms with E-state index in [0.29, 0.717) is 35.1 Å². The van der Waals surface area contributed by atoms with Gasteiger partial charge in [0.25, 0.3) is 0 Å².